The molecular formula is C19H20Cl2N2O2. The van der Waals surface area contributed by atoms with Gasteiger partial charge in [-0.15, -0.1) is 0 Å². The number of piperidine rings is 1. The molecule has 4 nitrogen and oxygen atoms in total. The Hall–Kier alpha value is -1.07. The lowest BCUT2D eigenvalue weighted by atomic mass is 10.0. The number of nitrogens with zero attached hydrogens (tertiary/aromatic N) is 1. The van der Waals surface area contributed by atoms with Crippen LogP contribution in [0.5, 0.6) is 0 Å². The van der Waals surface area contributed by atoms with Gasteiger partial charge < -0.3 is 14.6 Å². The minimum atomic E-state index is 0.322. The highest BCUT2D eigenvalue weighted by Crippen LogP contribution is 2.46. The van der Waals surface area contributed by atoms with Gasteiger partial charge in [-0.25, -0.2) is 0 Å². The largest absolute Gasteiger partial charge is 0.373 e. The van der Waals surface area contributed by atoms with Crippen molar-refractivity contribution in [1.29, 1.82) is 0 Å². The fourth-order valence-corrected chi connectivity index (χ4v) is 4.80. The third-order valence-corrected chi connectivity index (χ3v) is 6.34. The predicted octanol–water partition coefficient (Wildman–Crippen LogP) is 4.79. The molecule has 0 unspecified atom stereocenters. The molecule has 1 aliphatic heterocycles. The third kappa shape index (κ3) is 2.89. The maximum atomic E-state index is 6.40. The summed E-state index contributed by atoms with van der Waals surface area (Å²) in [4.78, 5) is 0. The molecule has 6 heteroatoms. The zero-order valence-electron chi connectivity index (χ0n) is 13.8. The van der Waals surface area contributed by atoms with Crippen molar-refractivity contribution in [2.75, 3.05) is 6.54 Å². The van der Waals surface area contributed by atoms with Gasteiger partial charge in [-0.1, -0.05) is 34.4 Å². The fourth-order valence-electron chi connectivity index (χ4n) is 4.23. The van der Waals surface area contributed by atoms with Crippen molar-refractivity contribution in [2.24, 2.45) is 5.92 Å². The molecule has 3 fully saturated rings. The van der Waals surface area contributed by atoms with Gasteiger partial charge in [0.2, 0.25) is 0 Å². The highest BCUT2D eigenvalue weighted by atomic mass is 35.5. The van der Waals surface area contributed by atoms with E-state index in [9.17, 15) is 0 Å². The molecule has 2 aromatic rings. The van der Waals surface area contributed by atoms with Crippen LogP contribution in [-0.4, -0.2) is 23.8 Å². The number of aromatic nitrogens is 1. The van der Waals surface area contributed by atoms with Crippen LogP contribution in [0.15, 0.2) is 22.7 Å². The summed E-state index contributed by atoms with van der Waals surface area (Å²) < 4.78 is 12.0. The molecule has 3 atom stereocenters. The van der Waals surface area contributed by atoms with Crippen LogP contribution < -0.4 is 5.32 Å². The average Bonchev–Trinajstić information content (AvgIpc) is 3.03. The summed E-state index contributed by atoms with van der Waals surface area (Å²) in [6.07, 6.45) is 4.94. The van der Waals surface area contributed by atoms with Crippen molar-refractivity contribution in [3.05, 3.63) is 39.6 Å². The monoisotopic (exact) mass is 378 g/mol. The van der Waals surface area contributed by atoms with Gasteiger partial charge in [0.1, 0.15) is 11.5 Å². The first-order valence-electron chi connectivity index (χ1n) is 8.98. The first-order chi connectivity index (χ1) is 12.2. The van der Waals surface area contributed by atoms with Gasteiger partial charge >= 0.3 is 0 Å². The van der Waals surface area contributed by atoms with Crippen molar-refractivity contribution < 1.29 is 9.26 Å². The Morgan fingerprint density at radius 1 is 1.20 bits per heavy atom. The van der Waals surface area contributed by atoms with Crippen molar-refractivity contribution in [3.8, 4) is 11.3 Å². The summed E-state index contributed by atoms with van der Waals surface area (Å²) in [5.41, 5.74) is 2.50. The Morgan fingerprint density at radius 3 is 2.64 bits per heavy atom. The highest BCUT2D eigenvalue weighted by Gasteiger charge is 2.41. The molecule has 0 amide bonds. The molecule has 1 aromatic carbocycles. The number of halogens is 2. The summed E-state index contributed by atoms with van der Waals surface area (Å²) in [7, 11) is 0. The van der Waals surface area contributed by atoms with E-state index >= 15 is 0 Å². The van der Waals surface area contributed by atoms with Gasteiger partial charge in [-0.2, -0.15) is 0 Å². The zero-order valence-corrected chi connectivity index (χ0v) is 15.3. The van der Waals surface area contributed by atoms with E-state index in [4.69, 9.17) is 32.5 Å². The average molecular weight is 379 g/mol. The van der Waals surface area contributed by atoms with Gasteiger partial charge in [0.05, 0.1) is 22.8 Å². The second-order valence-electron chi connectivity index (χ2n) is 7.43. The molecule has 2 heterocycles. The lowest BCUT2D eigenvalue weighted by molar-refractivity contribution is 0.00914. The molecule has 2 saturated carbocycles. The second kappa shape index (κ2) is 6.27. The van der Waals surface area contributed by atoms with Crippen LogP contribution >= 0.6 is 23.2 Å². The molecule has 5 rings (SSSR count). The molecular weight excluding hydrogens is 359 g/mol. The molecule has 1 saturated heterocycles. The highest BCUT2D eigenvalue weighted by molar-refractivity contribution is 6.39. The summed E-state index contributed by atoms with van der Waals surface area (Å²) >= 11 is 12.8. The van der Waals surface area contributed by atoms with Crippen molar-refractivity contribution in [2.45, 2.75) is 50.4 Å². The number of ether oxygens (including phenoxy) is 1. The molecule has 132 valence electrons. The lowest BCUT2D eigenvalue weighted by Gasteiger charge is -2.23. The van der Waals surface area contributed by atoms with Crippen LogP contribution in [-0.2, 0) is 11.3 Å². The third-order valence-electron chi connectivity index (χ3n) is 5.71. The summed E-state index contributed by atoms with van der Waals surface area (Å²) in [5, 5.41) is 9.03. The van der Waals surface area contributed by atoms with Crippen LogP contribution in [0.2, 0.25) is 10.0 Å². The maximum Gasteiger partial charge on any atom is 0.145 e. The predicted molar refractivity (Wildman–Crippen MR) is 97.0 cm³/mol. The summed E-state index contributed by atoms with van der Waals surface area (Å²) in [5.74, 6) is 2.04. The van der Waals surface area contributed by atoms with Crippen molar-refractivity contribution in [1.82, 2.24) is 10.5 Å². The van der Waals surface area contributed by atoms with E-state index in [1.165, 1.54) is 6.42 Å². The number of nitrogens with one attached hydrogen (secondary N) is 1. The fraction of sp³-hybridized carbons (Fsp3) is 0.526. The molecule has 25 heavy (non-hydrogen) atoms. The Balaban J connectivity index is 1.46. The standard InChI is InChI=1S/C19H20Cl2N2O2/c20-14-2-1-3-15(21)17(14)18-13(19(25-23-18)10-4-5-10)9-24-16-7-12-6-11(16)8-22-12/h1-3,10-12,16,22H,4-9H2/t11-,12-,16-/m1/s1. The van der Waals surface area contributed by atoms with E-state index in [1.54, 1.807) is 0 Å². The van der Waals surface area contributed by atoms with E-state index in [0.29, 0.717) is 40.6 Å². The van der Waals surface area contributed by atoms with Gasteiger partial charge in [0, 0.05) is 29.6 Å². The SMILES string of the molecule is Clc1cccc(Cl)c1-c1noc(C2CC2)c1CO[C@@H]1C[C@H]2C[C@@H]1CN2. The molecule has 1 aromatic heterocycles. The maximum absolute atomic E-state index is 6.40. The van der Waals surface area contributed by atoms with Crippen LogP contribution in [0, 0.1) is 5.92 Å². The summed E-state index contributed by atoms with van der Waals surface area (Å²) in [6, 6.07) is 6.13. The minimum Gasteiger partial charge on any atom is -0.373 e. The molecule has 0 radical (unpaired) electrons. The van der Waals surface area contributed by atoms with E-state index in [1.807, 2.05) is 18.2 Å². The van der Waals surface area contributed by atoms with E-state index in [-0.39, 0.29) is 0 Å². The second-order valence-corrected chi connectivity index (χ2v) is 8.25. The van der Waals surface area contributed by atoms with Gasteiger partial charge in [-0.05, 0) is 43.7 Å². The number of hydrogen-bond donors (Lipinski definition) is 1. The van der Waals surface area contributed by atoms with Gasteiger partial charge in [-0.3, -0.25) is 0 Å². The topological polar surface area (TPSA) is 47.3 Å². The Labute approximate surface area is 156 Å². The zero-order chi connectivity index (χ0) is 17.0. The van der Waals surface area contributed by atoms with E-state index in [0.717, 1.165) is 48.4 Å². The number of fused-ring (bicyclic) bond motifs is 2. The van der Waals surface area contributed by atoms with Crippen LogP contribution in [0.1, 0.15) is 42.9 Å². The van der Waals surface area contributed by atoms with Gasteiger partial charge in [0.15, 0.2) is 0 Å². The smallest absolute Gasteiger partial charge is 0.145 e. The molecule has 3 aliphatic rings. The molecule has 1 N–H and O–H groups in total. The Bertz CT molecular complexity index is 782. The number of rotatable bonds is 5. The number of benzene rings is 1. The van der Waals surface area contributed by atoms with Gasteiger partial charge in [0.25, 0.3) is 0 Å². The molecule has 2 bridgehead atoms. The lowest BCUT2D eigenvalue weighted by Crippen LogP contribution is -2.34. The first kappa shape index (κ1) is 16.1. The van der Waals surface area contributed by atoms with Crippen LogP contribution in [0.4, 0.5) is 0 Å². The Kier molecular flexibility index (Phi) is 4.05. The number of hydrogen-bond acceptors (Lipinski definition) is 4. The van der Waals surface area contributed by atoms with E-state index in [2.05, 4.69) is 10.5 Å². The van der Waals surface area contributed by atoms with Crippen LogP contribution in [0.25, 0.3) is 11.3 Å². The molecule has 0 spiro atoms. The Morgan fingerprint density at radius 2 is 2.00 bits per heavy atom. The molecule has 2 aliphatic carbocycles. The quantitative estimate of drug-likeness (QED) is 0.811. The van der Waals surface area contributed by atoms with E-state index < -0.39 is 0 Å². The van der Waals surface area contributed by atoms with Crippen molar-refractivity contribution in [3.63, 3.8) is 0 Å². The van der Waals surface area contributed by atoms with Crippen LogP contribution in [0.3, 0.4) is 0 Å². The normalized spacial score (nSPS) is 28.0. The minimum absolute atomic E-state index is 0.322. The summed E-state index contributed by atoms with van der Waals surface area (Å²) in [6.45, 7) is 1.58. The first-order valence-corrected chi connectivity index (χ1v) is 9.74. The van der Waals surface area contributed by atoms with Crippen molar-refractivity contribution >= 4 is 23.2 Å².